The van der Waals surface area contributed by atoms with Crippen molar-refractivity contribution < 1.29 is 18.2 Å². The highest BCUT2D eigenvalue weighted by atomic mass is 28.4. The molecule has 1 aliphatic rings. The lowest BCUT2D eigenvalue weighted by atomic mass is 9.83. The number of nitriles is 1. The Labute approximate surface area is 241 Å². The zero-order valence-electron chi connectivity index (χ0n) is 25.0. The predicted octanol–water partition coefficient (Wildman–Crippen LogP) is 5.74. The Hall–Kier alpha value is -3.34. The van der Waals surface area contributed by atoms with E-state index in [4.69, 9.17) is 4.43 Å². The maximum atomic E-state index is 12.8. The van der Waals surface area contributed by atoms with Gasteiger partial charge in [-0.25, -0.2) is 18.7 Å². The van der Waals surface area contributed by atoms with Crippen molar-refractivity contribution in [2.45, 2.75) is 78.0 Å². The molecule has 0 aliphatic carbocycles. The Morgan fingerprint density at radius 1 is 1.32 bits per heavy atom. The van der Waals surface area contributed by atoms with Crippen molar-refractivity contribution in [2.24, 2.45) is 0 Å². The molecule has 41 heavy (non-hydrogen) atoms. The number of alkyl halides is 2. The maximum absolute atomic E-state index is 12.8. The topological polar surface area (TPSA) is 112 Å². The zero-order valence-corrected chi connectivity index (χ0v) is 26.0. The smallest absolute Gasteiger partial charge is 0.409 e. The number of anilines is 3. The molecule has 0 saturated carbocycles. The lowest BCUT2D eigenvalue weighted by Crippen LogP contribution is -2.47. The molecule has 0 spiro atoms. The molecule has 0 saturated heterocycles. The molecule has 1 atom stereocenters. The summed E-state index contributed by atoms with van der Waals surface area (Å²) < 4.78 is 33.5. The minimum Gasteiger partial charge on any atom is -0.432 e. The van der Waals surface area contributed by atoms with Gasteiger partial charge in [0.15, 0.2) is 8.32 Å². The van der Waals surface area contributed by atoms with Gasteiger partial charge in [0.1, 0.15) is 12.6 Å². The number of fused-ring (bicyclic) bond motifs is 1. The number of hydrogen-bond donors (Lipinski definition) is 2. The Morgan fingerprint density at radius 3 is 2.63 bits per heavy atom. The van der Waals surface area contributed by atoms with Gasteiger partial charge < -0.3 is 19.6 Å². The van der Waals surface area contributed by atoms with E-state index in [9.17, 15) is 19.1 Å². The third-order valence-corrected chi connectivity index (χ3v) is 12.6. The van der Waals surface area contributed by atoms with E-state index in [0.29, 0.717) is 41.5 Å². The van der Waals surface area contributed by atoms with Crippen molar-refractivity contribution in [3.8, 4) is 17.3 Å². The first-order valence-electron chi connectivity index (χ1n) is 13.6. The van der Waals surface area contributed by atoms with Gasteiger partial charge in [0.25, 0.3) is 6.43 Å². The third kappa shape index (κ3) is 6.29. The summed E-state index contributed by atoms with van der Waals surface area (Å²) in [6.45, 7) is 17.0. The number of rotatable bonds is 9. The standard InChI is InChI=1S/C28H38BF2N7O2Si/c1-18-23(14-37(36-18)15-24(30)31)35-26-33-10-9-22(34-26)19-11-20(13-32)25-21(12-19)28(5,16-38(25)29(6)39)17-40-41(7,8)27(2,3)4/h9-12,14,24,39H,15-17H2,1-8H3,(H,33,34,35)/t28-/m1/s1. The van der Waals surface area contributed by atoms with Crippen LogP contribution in [-0.4, -0.2) is 59.7 Å². The molecule has 0 radical (unpaired) electrons. The van der Waals surface area contributed by atoms with Crippen molar-refractivity contribution in [3.05, 3.63) is 47.4 Å². The van der Waals surface area contributed by atoms with Gasteiger partial charge in [0, 0.05) is 42.2 Å². The van der Waals surface area contributed by atoms with Crippen LogP contribution in [0.3, 0.4) is 0 Å². The van der Waals surface area contributed by atoms with Gasteiger partial charge in [-0.05, 0) is 55.6 Å². The molecule has 0 unspecified atom stereocenters. The molecule has 2 aromatic heterocycles. The molecular weight excluding hydrogens is 543 g/mol. The fraction of sp³-hybridized carbons (Fsp3) is 0.500. The van der Waals surface area contributed by atoms with Gasteiger partial charge in [0.05, 0.1) is 22.6 Å². The molecule has 2 N–H and O–H groups in total. The highest BCUT2D eigenvalue weighted by Gasteiger charge is 2.46. The van der Waals surface area contributed by atoms with E-state index in [-0.39, 0.29) is 11.0 Å². The molecule has 4 rings (SSSR count). The maximum Gasteiger partial charge on any atom is 0.409 e. The lowest BCUT2D eigenvalue weighted by Gasteiger charge is -2.39. The van der Waals surface area contributed by atoms with Crippen LogP contribution in [0.2, 0.25) is 25.0 Å². The summed E-state index contributed by atoms with van der Waals surface area (Å²) in [4.78, 5) is 10.8. The van der Waals surface area contributed by atoms with E-state index in [0.717, 1.165) is 11.1 Å². The second-order valence-corrected chi connectivity index (χ2v) is 17.3. The fourth-order valence-electron chi connectivity index (χ4n) is 4.75. The highest BCUT2D eigenvalue weighted by molar-refractivity contribution is 6.74. The summed E-state index contributed by atoms with van der Waals surface area (Å²) in [7, 11) is -2.86. The Bertz CT molecular complexity index is 1470. The number of halogens is 2. The zero-order chi connectivity index (χ0) is 30.3. The van der Waals surface area contributed by atoms with E-state index in [1.54, 1.807) is 32.1 Å². The summed E-state index contributed by atoms with van der Waals surface area (Å²) >= 11 is 0. The van der Waals surface area contributed by atoms with Crippen LogP contribution in [0, 0.1) is 18.3 Å². The summed E-state index contributed by atoms with van der Waals surface area (Å²) in [5.74, 6) is 0.274. The number of nitrogens with one attached hydrogen (secondary N) is 1. The second kappa shape index (κ2) is 11.2. The van der Waals surface area contributed by atoms with Crippen molar-refractivity contribution in [2.75, 3.05) is 23.3 Å². The Morgan fingerprint density at radius 2 is 2.02 bits per heavy atom. The van der Waals surface area contributed by atoms with E-state index in [1.165, 1.54) is 10.9 Å². The quantitative estimate of drug-likeness (QED) is 0.308. The van der Waals surface area contributed by atoms with E-state index >= 15 is 0 Å². The molecule has 0 fully saturated rings. The number of aromatic nitrogens is 4. The molecule has 218 valence electrons. The van der Waals surface area contributed by atoms with E-state index < -0.39 is 33.8 Å². The van der Waals surface area contributed by atoms with Crippen LogP contribution < -0.4 is 10.1 Å². The molecule has 1 aromatic carbocycles. The van der Waals surface area contributed by atoms with Gasteiger partial charge >= 0.3 is 7.05 Å². The normalized spacial score (nSPS) is 17.1. The molecular formula is C28H38BF2N7O2Si. The van der Waals surface area contributed by atoms with Crippen molar-refractivity contribution >= 4 is 32.7 Å². The number of benzene rings is 1. The van der Waals surface area contributed by atoms with Gasteiger partial charge in [-0.3, -0.25) is 4.68 Å². The molecule has 13 heteroatoms. The molecule has 1 aliphatic heterocycles. The molecule has 9 nitrogen and oxygen atoms in total. The minimum atomic E-state index is -2.52. The van der Waals surface area contributed by atoms with Crippen molar-refractivity contribution in [1.29, 1.82) is 5.26 Å². The first-order chi connectivity index (χ1) is 19.0. The predicted molar refractivity (Wildman–Crippen MR) is 160 cm³/mol. The number of nitrogens with zero attached hydrogens (tertiary/aromatic N) is 6. The van der Waals surface area contributed by atoms with Crippen molar-refractivity contribution in [1.82, 2.24) is 19.7 Å². The van der Waals surface area contributed by atoms with Crippen LogP contribution in [0.1, 0.15) is 44.5 Å². The third-order valence-electron chi connectivity index (χ3n) is 8.17. The molecule has 0 amide bonds. The summed E-state index contributed by atoms with van der Waals surface area (Å²) in [5.41, 5.74) is 3.96. The number of aryl methyl sites for hydroxylation is 1. The Balaban J connectivity index is 1.72. The SMILES string of the molecule is CB(O)N1C[C@](C)(CO[Si](C)(C)C(C)(C)C)c2cc(-c3ccnc(Nc4cn(CC(F)F)nc4C)n3)cc(C#N)c21. The van der Waals surface area contributed by atoms with Gasteiger partial charge in [-0.1, -0.05) is 27.7 Å². The monoisotopic (exact) mass is 581 g/mol. The minimum absolute atomic E-state index is 0.0348. The largest absolute Gasteiger partial charge is 0.432 e. The summed E-state index contributed by atoms with van der Waals surface area (Å²) in [6, 6.07) is 7.87. The molecule has 0 bridgehead atoms. The van der Waals surface area contributed by atoms with Crippen LogP contribution in [0.15, 0.2) is 30.6 Å². The summed E-state index contributed by atoms with van der Waals surface area (Å²) in [6.07, 6.45) is 0.586. The van der Waals surface area contributed by atoms with Crippen LogP contribution in [-0.2, 0) is 16.4 Å². The summed E-state index contributed by atoms with van der Waals surface area (Å²) in [5, 5.41) is 28.0. The first-order valence-corrected chi connectivity index (χ1v) is 16.6. The van der Waals surface area contributed by atoms with Crippen LogP contribution >= 0.6 is 0 Å². The van der Waals surface area contributed by atoms with Crippen LogP contribution in [0.5, 0.6) is 0 Å². The second-order valence-electron chi connectivity index (χ2n) is 12.5. The van der Waals surface area contributed by atoms with E-state index in [1.807, 2.05) is 10.9 Å². The van der Waals surface area contributed by atoms with Gasteiger partial charge in [-0.15, -0.1) is 0 Å². The lowest BCUT2D eigenvalue weighted by molar-refractivity contribution is 0.121. The van der Waals surface area contributed by atoms with Gasteiger partial charge in [0.2, 0.25) is 5.95 Å². The van der Waals surface area contributed by atoms with Gasteiger partial charge in [-0.2, -0.15) is 10.4 Å². The highest BCUT2D eigenvalue weighted by Crippen LogP contribution is 2.47. The molecule has 3 heterocycles. The van der Waals surface area contributed by atoms with Crippen LogP contribution in [0.25, 0.3) is 11.3 Å². The van der Waals surface area contributed by atoms with Crippen LogP contribution in [0.4, 0.5) is 26.1 Å². The first kappa shape index (κ1) is 30.6. The molecule has 3 aromatic rings. The Kier molecular flexibility index (Phi) is 8.33. The van der Waals surface area contributed by atoms with E-state index in [2.05, 4.69) is 67.2 Å². The fourth-order valence-corrected chi connectivity index (χ4v) is 5.86. The average Bonchev–Trinajstić information content (AvgIpc) is 3.38. The number of hydrogen-bond acceptors (Lipinski definition) is 8. The van der Waals surface area contributed by atoms with Crippen molar-refractivity contribution in [3.63, 3.8) is 0 Å². The average molecular weight is 582 g/mol.